The SMILES string of the molecule is O=C1CN(Cc2cc(=O)oc3cc4c(cc23)CCC4)c2ccccc2N1. The maximum Gasteiger partial charge on any atom is 0.336 e. The van der Waals surface area contributed by atoms with Gasteiger partial charge in [0.1, 0.15) is 5.58 Å². The van der Waals surface area contributed by atoms with Crippen LogP contribution in [0.1, 0.15) is 23.1 Å². The standard InChI is InChI=1S/C21H18N2O3/c24-20-12-23(18-7-2-1-6-17(18)22-20)11-15-10-21(25)26-19-9-14-5-3-4-13(14)8-16(15)19/h1-2,6-10H,3-5,11-12H2,(H,22,24). The Bertz CT molecular complexity index is 1100. The summed E-state index contributed by atoms with van der Waals surface area (Å²) in [7, 11) is 0. The highest BCUT2D eigenvalue weighted by atomic mass is 16.4. The van der Waals surface area contributed by atoms with E-state index in [4.69, 9.17) is 4.42 Å². The molecular formula is C21H18N2O3. The predicted molar refractivity (Wildman–Crippen MR) is 101 cm³/mol. The Balaban J connectivity index is 1.62. The van der Waals surface area contributed by atoms with E-state index in [1.165, 1.54) is 11.1 Å². The Morgan fingerprint density at radius 2 is 1.85 bits per heavy atom. The van der Waals surface area contributed by atoms with E-state index >= 15 is 0 Å². The van der Waals surface area contributed by atoms with Crippen molar-refractivity contribution in [3.63, 3.8) is 0 Å². The van der Waals surface area contributed by atoms with Crippen molar-refractivity contribution < 1.29 is 9.21 Å². The van der Waals surface area contributed by atoms with E-state index in [0.29, 0.717) is 12.1 Å². The zero-order valence-electron chi connectivity index (χ0n) is 14.2. The molecule has 2 aromatic carbocycles. The van der Waals surface area contributed by atoms with Crippen LogP contribution in [-0.4, -0.2) is 12.5 Å². The van der Waals surface area contributed by atoms with Gasteiger partial charge in [-0.3, -0.25) is 4.79 Å². The van der Waals surface area contributed by atoms with Crippen LogP contribution in [0, 0.1) is 0 Å². The molecule has 0 unspecified atom stereocenters. The van der Waals surface area contributed by atoms with Crippen LogP contribution in [0.15, 0.2) is 51.7 Å². The monoisotopic (exact) mass is 346 g/mol. The van der Waals surface area contributed by atoms with Gasteiger partial charge in [0.25, 0.3) is 0 Å². The highest BCUT2D eigenvalue weighted by molar-refractivity contribution is 6.01. The summed E-state index contributed by atoms with van der Waals surface area (Å²) < 4.78 is 5.45. The number of nitrogens with zero attached hydrogens (tertiary/aromatic N) is 1. The number of amides is 1. The third-order valence-electron chi connectivity index (χ3n) is 5.26. The van der Waals surface area contributed by atoms with Crippen molar-refractivity contribution in [2.24, 2.45) is 0 Å². The van der Waals surface area contributed by atoms with Crippen molar-refractivity contribution in [1.82, 2.24) is 0 Å². The van der Waals surface area contributed by atoms with Crippen LogP contribution in [0.25, 0.3) is 11.0 Å². The van der Waals surface area contributed by atoms with Gasteiger partial charge in [-0.05, 0) is 60.2 Å². The Morgan fingerprint density at radius 3 is 2.73 bits per heavy atom. The second kappa shape index (κ2) is 5.73. The summed E-state index contributed by atoms with van der Waals surface area (Å²) in [5, 5.41) is 3.86. The Labute approximate surface area is 150 Å². The van der Waals surface area contributed by atoms with Gasteiger partial charge < -0.3 is 14.6 Å². The minimum absolute atomic E-state index is 0.0446. The van der Waals surface area contributed by atoms with Crippen LogP contribution >= 0.6 is 0 Å². The van der Waals surface area contributed by atoms with Gasteiger partial charge in [0.05, 0.1) is 17.9 Å². The predicted octanol–water partition coefficient (Wildman–Crippen LogP) is 3.24. The van der Waals surface area contributed by atoms with Gasteiger partial charge in [0.15, 0.2) is 0 Å². The number of hydrogen-bond acceptors (Lipinski definition) is 4. The summed E-state index contributed by atoms with van der Waals surface area (Å²) in [6, 6.07) is 13.5. The lowest BCUT2D eigenvalue weighted by Gasteiger charge is -2.31. The lowest BCUT2D eigenvalue weighted by atomic mass is 10.0. The highest BCUT2D eigenvalue weighted by Crippen LogP contribution is 2.32. The van der Waals surface area contributed by atoms with Gasteiger partial charge in [0, 0.05) is 18.0 Å². The van der Waals surface area contributed by atoms with Gasteiger partial charge in [0.2, 0.25) is 5.91 Å². The smallest absolute Gasteiger partial charge is 0.336 e. The number of hydrogen-bond donors (Lipinski definition) is 1. The number of anilines is 2. The summed E-state index contributed by atoms with van der Waals surface area (Å²) in [6.45, 7) is 0.759. The minimum Gasteiger partial charge on any atom is -0.423 e. The van der Waals surface area contributed by atoms with Gasteiger partial charge in [-0.2, -0.15) is 0 Å². The molecule has 1 N–H and O–H groups in total. The van der Waals surface area contributed by atoms with Gasteiger partial charge in [-0.25, -0.2) is 4.79 Å². The fourth-order valence-electron chi connectivity index (χ4n) is 4.08. The number of carbonyl (C=O) groups excluding carboxylic acids is 1. The number of fused-ring (bicyclic) bond motifs is 3. The van der Waals surface area contributed by atoms with Gasteiger partial charge >= 0.3 is 5.63 Å². The van der Waals surface area contributed by atoms with Crippen LogP contribution in [0.5, 0.6) is 0 Å². The average molecular weight is 346 g/mol. The second-order valence-corrected chi connectivity index (χ2v) is 6.98. The first-order chi connectivity index (χ1) is 12.7. The second-order valence-electron chi connectivity index (χ2n) is 6.98. The summed E-state index contributed by atoms with van der Waals surface area (Å²) in [4.78, 5) is 26.2. The molecule has 5 heteroatoms. The zero-order chi connectivity index (χ0) is 17.7. The number of carbonyl (C=O) groups is 1. The molecular weight excluding hydrogens is 328 g/mol. The first-order valence-corrected chi connectivity index (χ1v) is 8.90. The van der Waals surface area contributed by atoms with Crippen LogP contribution < -0.4 is 15.8 Å². The molecule has 2 aliphatic rings. The molecule has 1 aromatic heterocycles. The molecule has 26 heavy (non-hydrogen) atoms. The molecule has 0 atom stereocenters. The fraction of sp³-hybridized carbons (Fsp3) is 0.238. The fourth-order valence-corrected chi connectivity index (χ4v) is 4.08. The Kier molecular flexibility index (Phi) is 3.35. The van der Waals surface area contributed by atoms with Crippen molar-refractivity contribution in [2.45, 2.75) is 25.8 Å². The Hall–Kier alpha value is -3.08. The van der Waals surface area contributed by atoms with Crippen molar-refractivity contribution in [1.29, 1.82) is 0 Å². The number of benzene rings is 2. The molecule has 0 saturated heterocycles. The maximum absolute atomic E-state index is 12.1. The lowest BCUT2D eigenvalue weighted by Crippen LogP contribution is -2.37. The van der Waals surface area contributed by atoms with E-state index in [9.17, 15) is 9.59 Å². The summed E-state index contributed by atoms with van der Waals surface area (Å²) in [5.41, 5.74) is 5.58. The Morgan fingerprint density at radius 1 is 1.04 bits per heavy atom. The number of para-hydroxylation sites is 2. The van der Waals surface area contributed by atoms with Crippen molar-refractivity contribution in [2.75, 3.05) is 16.8 Å². The highest BCUT2D eigenvalue weighted by Gasteiger charge is 2.23. The summed E-state index contributed by atoms with van der Waals surface area (Å²) in [6.07, 6.45) is 3.25. The molecule has 0 spiro atoms. The molecule has 0 saturated carbocycles. The number of rotatable bonds is 2. The van der Waals surface area contributed by atoms with E-state index < -0.39 is 0 Å². The topological polar surface area (TPSA) is 62.6 Å². The van der Waals surface area contributed by atoms with Crippen molar-refractivity contribution in [3.05, 3.63) is 69.6 Å². The molecule has 0 radical (unpaired) electrons. The third-order valence-corrected chi connectivity index (χ3v) is 5.26. The molecule has 5 nitrogen and oxygen atoms in total. The first-order valence-electron chi connectivity index (χ1n) is 8.90. The lowest BCUT2D eigenvalue weighted by molar-refractivity contribution is -0.115. The quantitative estimate of drug-likeness (QED) is 0.724. The van der Waals surface area contributed by atoms with Crippen LogP contribution in [0.3, 0.4) is 0 Å². The largest absolute Gasteiger partial charge is 0.423 e. The summed E-state index contributed by atoms with van der Waals surface area (Å²) in [5.74, 6) is -0.0446. The molecule has 3 aromatic rings. The van der Waals surface area contributed by atoms with E-state index in [1.54, 1.807) is 6.07 Å². The van der Waals surface area contributed by atoms with E-state index in [0.717, 1.165) is 41.6 Å². The first kappa shape index (κ1) is 15.2. The normalized spacial score (nSPS) is 15.7. The third kappa shape index (κ3) is 2.47. The van der Waals surface area contributed by atoms with E-state index in [2.05, 4.69) is 11.4 Å². The maximum atomic E-state index is 12.1. The molecule has 2 heterocycles. The number of nitrogens with one attached hydrogen (secondary N) is 1. The molecule has 1 amide bonds. The molecule has 130 valence electrons. The molecule has 1 aliphatic heterocycles. The van der Waals surface area contributed by atoms with Crippen molar-refractivity contribution >= 4 is 28.3 Å². The molecule has 0 bridgehead atoms. The van der Waals surface area contributed by atoms with Gasteiger partial charge in [-0.15, -0.1) is 0 Å². The van der Waals surface area contributed by atoms with Crippen LogP contribution in [0.2, 0.25) is 0 Å². The van der Waals surface area contributed by atoms with Crippen LogP contribution in [-0.2, 0) is 24.2 Å². The molecule has 5 rings (SSSR count). The average Bonchev–Trinajstić information content (AvgIpc) is 3.07. The summed E-state index contributed by atoms with van der Waals surface area (Å²) >= 11 is 0. The zero-order valence-corrected chi connectivity index (χ0v) is 14.2. The van der Waals surface area contributed by atoms with E-state index in [-0.39, 0.29) is 18.1 Å². The minimum atomic E-state index is -0.347. The van der Waals surface area contributed by atoms with Gasteiger partial charge in [-0.1, -0.05) is 12.1 Å². The van der Waals surface area contributed by atoms with Crippen molar-refractivity contribution in [3.8, 4) is 0 Å². The molecule has 1 aliphatic carbocycles. The van der Waals surface area contributed by atoms with E-state index in [1.807, 2.05) is 35.2 Å². The number of aryl methyl sites for hydroxylation is 2. The van der Waals surface area contributed by atoms with Crippen LogP contribution in [0.4, 0.5) is 11.4 Å². The molecule has 0 fully saturated rings.